The fourth-order valence-corrected chi connectivity index (χ4v) is 3.69. The molecule has 0 saturated carbocycles. The van der Waals surface area contributed by atoms with Gasteiger partial charge in [-0.15, -0.1) is 0 Å². The van der Waals surface area contributed by atoms with E-state index in [1.54, 1.807) is 6.20 Å². The molecular formula is C20H27N3O2. The van der Waals surface area contributed by atoms with Crippen molar-refractivity contribution in [1.82, 2.24) is 9.88 Å². The molecule has 0 spiro atoms. The molecule has 0 aliphatic carbocycles. The van der Waals surface area contributed by atoms with Crippen molar-refractivity contribution in [3.05, 3.63) is 36.5 Å². The lowest BCUT2D eigenvalue weighted by atomic mass is 9.99. The summed E-state index contributed by atoms with van der Waals surface area (Å²) in [4.78, 5) is 19.7. The highest BCUT2D eigenvalue weighted by Gasteiger charge is 2.34. The number of carbonyl (C=O) groups is 1. The first-order chi connectivity index (χ1) is 11.9. The second-order valence-electron chi connectivity index (χ2n) is 7.31. The summed E-state index contributed by atoms with van der Waals surface area (Å²) in [5, 5.41) is 4.08. The lowest BCUT2D eigenvalue weighted by molar-refractivity contribution is -0.130. The minimum atomic E-state index is -0.180. The van der Waals surface area contributed by atoms with Crippen molar-refractivity contribution in [3.8, 4) is 0 Å². The second kappa shape index (κ2) is 7.50. The van der Waals surface area contributed by atoms with Gasteiger partial charge in [-0.1, -0.05) is 32.0 Å². The van der Waals surface area contributed by atoms with E-state index in [2.05, 4.69) is 42.9 Å². The van der Waals surface area contributed by atoms with Crippen LogP contribution in [0.25, 0.3) is 10.9 Å². The number of pyridine rings is 1. The van der Waals surface area contributed by atoms with Crippen LogP contribution >= 0.6 is 0 Å². The van der Waals surface area contributed by atoms with Crippen molar-refractivity contribution in [3.63, 3.8) is 0 Å². The first-order valence-corrected chi connectivity index (χ1v) is 8.99. The second-order valence-corrected chi connectivity index (χ2v) is 7.31. The molecular weight excluding hydrogens is 314 g/mol. The van der Waals surface area contributed by atoms with Gasteiger partial charge in [-0.25, -0.2) is 0 Å². The molecule has 134 valence electrons. The van der Waals surface area contributed by atoms with Gasteiger partial charge in [0.05, 0.1) is 35.7 Å². The van der Waals surface area contributed by atoms with Crippen LogP contribution in [-0.2, 0) is 9.53 Å². The Hall–Kier alpha value is -1.98. The molecule has 5 heteroatoms. The number of ether oxygens (including phenoxy) is 1. The van der Waals surface area contributed by atoms with Crippen molar-refractivity contribution in [2.45, 2.75) is 45.9 Å². The molecule has 25 heavy (non-hydrogen) atoms. The van der Waals surface area contributed by atoms with Crippen LogP contribution in [0, 0.1) is 5.92 Å². The van der Waals surface area contributed by atoms with Crippen LogP contribution in [0.1, 0.15) is 27.7 Å². The Balaban J connectivity index is 1.78. The molecule has 0 unspecified atom stereocenters. The van der Waals surface area contributed by atoms with Crippen LogP contribution in [0.15, 0.2) is 36.5 Å². The third-order valence-corrected chi connectivity index (χ3v) is 4.60. The van der Waals surface area contributed by atoms with E-state index in [4.69, 9.17) is 4.74 Å². The lowest BCUT2D eigenvalue weighted by Crippen LogP contribution is -2.55. The fraction of sp³-hybridized carbons (Fsp3) is 0.500. The molecule has 2 aromatic rings. The van der Waals surface area contributed by atoms with Gasteiger partial charge >= 0.3 is 0 Å². The number of para-hydroxylation sites is 1. The van der Waals surface area contributed by atoms with Gasteiger partial charge in [0.15, 0.2) is 0 Å². The van der Waals surface area contributed by atoms with Gasteiger partial charge in [0, 0.05) is 18.5 Å². The Bertz CT molecular complexity index is 737. The van der Waals surface area contributed by atoms with Crippen LogP contribution < -0.4 is 5.32 Å². The zero-order valence-electron chi connectivity index (χ0n) is 15.4. The molecule has 0 bridgehead atoms. The molecule has 1 fully saturated rings. The van der Waals surface area contributed by atoms with Gasteiger partial charge in [0.25, 0.3) is 0 Å². The maximum Gasteiger partial charge on any atom is 0.242 e. The van der Waals surface area contributed by atoms with Crippen LogP contribution in [0.3, 0.4) is 0 Å². The molecule has 1 aliphatic rings. The van der Waals surface area contributed by atoms with Crippen LogP contribution in [0.4, 0.5) is 5.69 Å². The number of hydrogen-bond donors (Lipinski definition) is 1. The van der Waals surface area contributed by atoms with E-state index in [0.29, 0.717) is 0 Å². The summed E-state index contributed by atoms with van der Waals surface area (Å²) < 4.78 is 5.81. The van der Waals surface area contributed by atoms with E-state index in [-0.39, 0.29) is 30.1 Å². The number of hydrogen-bond acceptors (Lipinski definition) is 4. The minimum absolute atomic E-state index is 0.0216. The van der Waals surface area contributed by atoms with Gasteiger partial charge in [-0.3, -0.25) is 14.7 Å². The predicted molar refractivity (Wildman–Crippen MR) is 101 cm³/mol. The Kier molecular flexibility index (Phi) is 5.35. The Labute approximate surface area is 149 Å². The van der Waals surface area contributed by atoms with E-state index >= 15 is 0 Å². The molecule has 1 saturated heterocycles. The zero-order chi connectivity index (χ0) is 18.0. The molecule has 5 nitrogen and oxygen atoms in total. The van der Waals surface area contributed by atoms with Crippen molar-refractivity contribution in [2.24, 2.45) is 5.92 Å². The predicted octanol–water partition coefficient (Wildman–Crippen LogP) is 3.31. The summed E-state index contributed by atoms with van der Waals surface area (Å²) >= 11 is 0. The van der Waals surface area contributed by atoms with Crippen LogP contribution in [-0.4, -0.2) is 47.1 Å². The maximum atomic E-state index is 13.0. The SMILES string of the molecule is CC(C)[C@H](C(=O)Nc1cnc2ccccc2c1)N1C[C@@H](C)O[C@H](C)C1. The Morgan fingerprint density at radius 3 is 2.60 bits per heavy atom. The molecule has 3 atom stereocenters. The molecule has 3 rings (SSSR count). The molecule has 1 N–H and O–H groups in total. The molecule has 1 aromatic carbocycles. The van der Waals surface area contributed by atoms with E-state index < -0.39 is 0 Å². The molecule has 2 heterocycles. The number of fused-ring (bicyclic) bond motifs is 1. The Morgan fingerprint density at radius 1 is 1.24 bits per heavy atom. The van der Waals surface area contributed by atoms with Gasteiger partial charge in [-0.05, 0) is 31.9 Å². The van der Waals surface area contributed by atoms with Gasteiger partial charge < -0.3 is 10.1 Å². The smallest absolute Gasteiger partial charge is 0.242 e. The minimum Gasteiger partial charge on any atom is -0.373 e. The van der Waals surface area contributed by atoms with E-state index in [1.165, 1.54) is 0 Å². The van der Waals surface area contributed by atoms with Gasteiger partial charge in [-0.2, -0.15) is 0 Å². The number of rotatable bonds is 4. The third kappa shape index (κ3) is 4.17. The molecule has 1 aromatic heterocycles. The van der Waals surface area contributed by atoms with E-state index in [0.717, 1.165) is 29.7 Å². The zero-order valence-corrected chi connectivity index (χ0v) is 15.4. The van der Waals surface area contributed by atoms with Gasteiger partial charge in [0.2, 0.25) is 5.91 Å². The quantitative estimate of drug-likeness (QED) is 0.927. The molecule has 0 radical (unpaired) electrons. The summed E-state index contributed by atoms with van der Waals surface area (Å²) in [6, 6.07) is 9.70. The maximum absolute atomic E-state index is 13.0. The average Bonchev–Trinajstić information content (AvgIpc) is 2.53. The normalized spacial score (nSPS) is 22.9. The monoisotopic (exact) mass is 341 g/mol. The number of aromatic nitrogens is 1. The largest absolute Gasteiger partial charge is 0.373 e. The van der Waals surface area contributed by atoms with Crippen molar-refractivity contribution in [2.75, 3.05) is 18.4 Å². The first kappa shape index (κ1) is 17.8. The third-order valence-electron chi connectivity index (χ3n) is 4.60. The molecule has 1 amide bonds. The van der Waals surface area contributed by atoms with Crippen molar-refractivity contribution < 1.29 is 9.53 Å². The summed E-state index contributed by atoms with van der Waals surface area (Å²) in [5.41, 5.74) is 1.67. The lowest BCUT2D eigenvalue weighted by Gasteiger charge is -2.41. The molecule has 1 aliphatic heterocycles. The van der Waals surface area contributed by atoms with Crippen LogP contribution in [0.5, 0.6) is 0 Å². The first-order valence-electron chi connectivity index (χ1n) is 8.99. The van der Waals surface area contributed by atoms with Crippen molar-refractivity contribution >= 4 is 22.5 Å². The highest BCUT2D eigenvalue weighted by atomic mass is 16.5. The number of anilines is 1. The standard InChI is InChI=1S/C20H27N3O2/c1-13(2)19(23-11-14(3)25-15(4)12-23)20(24)22-17-9-16-7-5-6-8-18(16)21-10-17/h5-10,13-15,19H,11-12H2,1-4H3,(H,22,24)/t14-,15-,19-/m1/s1. The number of benzene rings is 1. The number of nitrogens with zero attached hydrogens (tertiary/aromatic N) is 2. The van der Waals surface area contributed by atoms with Gasteiger partial charge in [0.1, 0.15) is 0 Å². The summed E-state index contributed by atoms with van der Waals surface area (Å²) in [6.45, 7) is 9.85. The fourth-order valence-electron chi connectivity index (χ4n) is 3.69. The Morgan fingerprint density at radius 2 is 1.92 bits per heavy atom. The summed E-state index contributed by atoms with van der Waals surface area (Å²) in [7, 11) is 0. The number of amides is 1. The van der Waals surface area contributed by atoms with Crippen LogP contribution in [0.2, 0.25) is 0 Å². The van der Waals surface area contributed by atoms with E-state index in [1.807, 2.05) is 30.3 Å². The number of nitrogens with one attached hydrogen (secondary N) is 1. The highest BCUT2D eigenvalue weighted by Crippen LogP contribution is 2.21. The number of carbonyl (C=O) groups excluding carboxylic acids is 1. The summed E-state index contributed by atoms with van der Waals surface area (Å²) in [5.74, 6) is 0.235. The van der Waals surface area contributed by atoms with Crippen molar-refractivity contribution in [1.29, 1.82) is 0 Å². The summed E-state index contributed by atoms with van der Waals surface area (Å²) in [6.07, 6.45) is 2.00. The highest BCUT2D eigenvalue weighted by molar-refractivity contribution is 5.96. The number of morpholine rings is 1. The average molecular weight is 341 g/mol. The van der Waals surface area contributed by atoms with E-state index in [9.17, 15) is 4.79 Å². The topological polar surface area (TPSA) is 54.5 Å².